The van der Waals surface area contributed by atoms with Crippen LogP contribution in [0.2, 0.25) is 5.02 Å². The molecule has 134 valence electrons. The Morgan fingerprint density at radius 1 is 1.35 bits per heavy atom. The van der Waals surface area contributed by atoms with Gasteiger partial charge in [-0.2, -0.15) is 0 Å². The Hall–Kier alpha value is -2.70. The summed E-state index contributed by atoms with van der Waals surface area (Å²) in [5, 5.41) is 0.163. The van der Waals surface area contributed by atoms with Gasteiger partial charge < -0.3 is 14.2 Å². The summed E-state index contributed by atoms with van der Waals surface area (Å²) in [4.78, 5) is 24.1. The molecule has 0 saturated heterocycles. The highest BCUT2D eigenvalue weighted by Gasteiger charge is 2.30. The van der Waals surface area contributed by atoms with Gasteiger partial charge in [0.2, 0.25) is 5.78 Å². The molecule has 0 unspecified atom stereocenters. The van der Waals surface area contributed by atoms with Crippen LogP contribution in [-0.2, 0) is 9.53 Å². The van der Waals surface area contributed by atoms with Gasteiger partial charge in [0.05, 0.1) is 10.6 Å². The summed E-state index contributed by atoms with van der Waals surface area (Å²) in [6.07, 6.45) is 1.26. The van der Waals surface area contributed by atoms with E-state index in [0.29, 0.717) is 11.1 Å². The Balaban J connectivity index is 1.95. The van der Waals surface area contributed by atoms with Gasteiger partial charge in [-0.05, 0) is 36.8 Å². The Morgan fingerprint density at radius 3 is 2.81 bits per heavy atom. The lowest BCUT2D eigenvalue weighted by Gasteiger charge is -2.07. The second-order valence-corrected chi connectivity index (χ2v) is 6.00. The van der Waals surface area contributed by atoms with Crippen LogP contribution in [0.5, 0.6) is 11.5 Å². The van der Waals surface area contributed by atoms with Crippen LogP contribution in [-0.4, -0.2) is 25.5 Å². The number of rotatable bonds is 4. The van der Waals surface area contributed by atoms with Gasteiger partial charge in [0, 0.05) is 18.7 Å². The number of halogens is 2. The van der Waals surface area contributed by atoms with Crippen molar-refractivity contribution in [2.24, 2.45) is 0 Å². The van der Waals surface area contributed by atoms with Crippen molar-refractivity contribution in [3.05, 3.63) is 63.6 Å². The molecule has 1 aliphatic heterocycles. The third kappa shape index (κ3) is 3.47. The fraction of sp³-hybridized carbons (Fsp3) is 0.158. The highest BCUT2D eigenvalue weighted by Crippen LogP contribution is 2.38. The summed E-state index contributed by atoms with van der Waals surface area (Å²) in [7, 11) is 1.38. The quantitative estimate of drug-likeness (QED) is 0.459. The highest BCUT2D eigenvalue weighted by atomic mass is 35.5. The summed E-state index contributed by atoms with van der Waals surface area (Å²) in [6.45, 7) is 1.49. The second-order valence-electron chi connectivity index (χ2n) is 5.60. The van der Waals surface area contributed by atoms with Crippen molar-refractivity contribution in [3.63, 3.8) is 0 Å². The lowest BCUT2D eigenvalue weighted by Crippen LogP contribution is -2.14. The number of hydrogen-bond donors (Lipinski definition) is 0. The van der Waals surface area contributed by atoms with Crippen LogP contribution in [0, 0.1) is 12.7 Å². The molecular weight excluding hydrogens is 363 g/mol. The molecule has 0 N–H and O–H groups in total. The normalized spacial score (nSPS) is 14.3. The first-order valence-electron chi connectivity index (χ1n) is 7.63. The summed E-state index contributed by atoms with van der Waals surface area (Å²) >= 11 is 5.99. The van der Waals surface area contributed by atoms with Crippen molar-refractivity contribution >= 4 is 29.4 Å². The van der Waals surface area contributed by atoms with Gasteiger partial charge in [-0.1, -0.05) is 17.7 Å². The van der Waals surface area contributed by atoms with E-state index < -0.39 is 17.6 Å². The van der Waals surface area contributed by atoms with Crippen LogP contribution < -0.4 is 9.47 Å². The molecule has 0 atom stereocenters. The average Bonchev–Trinajstić information content (AvgIpc) is 2.87. The zero-order valence-electron chi connectivity index (χ0n) is 14.0. The molecule has 0 radical (unpaired) electrons. The maximum Gasteiger partial charge on any atom is 0.337 e. The number of benzene rings is 2. The summed E-state index contributed by atoms with van der Waals surface area (Å²) in [5.74, 6) is -1.15. The number of hydrogen-bond acceptors (Lipinski definition) is 5. The van der Waals surface area contributed by atoms with Gasteiger partial charge in [-0.15, -0.1) is 0 Å². The predicted octanol–water partition coefficient (Wildman–Crippen LogP) is 3.96. The number of Topliss-reactive ketones (excluding diaryl/α,β-unsaturated/α-hetero) is 1. The molecular formula is C19H14ClFO5. The molecule has 0 amide bonds. The standard InChI is InChI=1S/C19H14ClFO5/c1-10-6-11(25-17(22)9-24-2)7-15-18(10)19(23)16(26-15)8-12-13(20)4-3-5-14(12)21/h3-8H,9H2,1-2H3/b16-8-. The first-order valence-corrected chi connectivity index (χ1v) is 8.01. The van der Waals surface area contributed by atoms with Gasteiger partial charge in [-0.25, -0.2) is 9.18 Å². The summed E-state index contributed by atoms with van der Waals surface area (Å²) in [5.41, 5.74) is 0.959. The molecule has 3 rings (SSSR count). The van der Waals surface area contributed by atoms with Crippen molar-refractivity contribution in [1.82, 2.24) is 0 Å². The zero-order valence-corrected chi connectivity index (χ0v) is 14.7. The molecule has 1 heterocycles. The van der Waals surface area contributed by atoms with E-state index in [9.17, 15) is 14.0 Å². The van der Waals surface area contributed by atoms with Crippen LogP contribution in [0.1, 0.15) is 21.5 Å². The predicted molar refractivity (Wildman–Crippen MR) is 93.0 cm³/mol. The monoisotopic (exact) mass is 376 g/mol. The fourth-order valence-corrected chi connectivity index (χ4v) is 2.81. The molecule has 5 nitrogen and oxygen atoms in total. The number of ketones is 1. The van der Waals surface area contributed by atoms with Crippen LogP contribution in [0.3, 0.4) is 0 Å². The van der Waals surface area contributed by atoms with E-state index in [0.717, 1.165) is 0 Å². The summed E-state index contributed by atoms with van der Waals surface area (Å²) < 4.78 is 29.4. The minimum Gasteiger partial charge on any atom is -0.452 e. The Morgan fingerprint density at radius 2 is 2.12 bits per heavy atom. The van der Waals surface area contributed by atoms with E-state index in [1.807, 2.05) is 0 Å². The molecule has 0 saturated carbocycles. The third-order valence-electron chi connectivity index (χ3n) is 3.71. The molecule has 2 aromatic carbocycles. The van der Waals surface area contributed by atoms with Gasteiger partial charge >= 0.3 is 5.97 Å². The Labute approximate surface area is 153 Å². The van der Waals surface area contributed by atoms with Crippen LogP contribution in [0.15, 0.2) is 36.1 Å². The SMILES string of the molecule is COCC(=O)Oc1cc(C)c2c(c1)O/C(=C\c1c(F)cccc1Cl)C2=O. The number of allylic oxidation sites excluding steroid dienone is 1. The first-order chi connectivity index (χ1) is 12.4. The Bertz CT molecular complexity index is 916. The van der Waals surface area contributed by atoms with Crippen molar-refractivity contribution in [2.75, 3.05) is 13.7 Å². The number of carbonyl (C=O) groups is 2. The van der Waals surface area contributed by atoms with E-state index in [4.69, 9.17) is 25.8 Å². The molecule has 0 spiro atoms. The number of methoxy groups -OCH3 is 1. The molecule has 7 heteroatoms. The lowest BCUT2D eigenvalue weighted by molar-refractivity contribution is -0.138. The van der Waals surface area contributed by atoms with Gasteiger partial charge in [0.15, 0.2) is 5.76 Å². The van der Waals surface area contributed by atoms with E-state index >= 15 is 0 Å². The second kappa shape index (κ2) is 7.27. The topological polar surface area (TPSA) is 61.8 Å². The van der Waals surface area contributed by atoms with Crippen molar-refractivity contribution < 1.29 is 28.2 Å². The number of aryl methyl sites for hydroxylation is 1. The molecule has 0 fully saturated rings. The minimum absolute atomic E-state index is 0.0598. The van der Waals surface area contributed by atoms with E-state index in [1.54, 1.807) is 13.0 Å². The van der Waals surface area contributed by atoms with Gasteiger partial charge in [-0.3, -0.25) is 4.79 Å². The van der Waals surface area contributed by atoms with Crippen LogP contribution >= 0.6 is 11.6 Å². The minimum atomic E-state index is -0.579. The van der Waals surface area contributed by atoms with Crippen LogP contribution in [0.4, 0.5) is 4.39 Å². The van der Waals surface area contributed by atoms with Crippen molar-refractivity contribution in [1.29, 1.82) is 0 Å². The number of esters is 1. The molecule has 0 aliphatic carbocycles. The number of carbonyl (C=O) groups excluding carboxylic acids is 2. The van der Waals surface area contributed by atoms with E-state index in [2.05, 4.69) is 0 Å². The molecule has 0 aromatic heterocycles. The van der Waals surface area contributed by atoms with E-state index in [-0.39, 0.29) is 34.5 Å². The smallest absolute Gasteiger partial charge is 0.337 e. The zero-order chi connectivity index (χ0) is 18.8. The molecule has 1 aliphatic rings. The number of ether oxygens (including phenoxy) is 3. The lowest BCUT2D eigenvalue weighted by atomic mass is 10.0. The third-order valence-corrected chi connectivity index (χ3v) is 4.04. The fourth-order valence-electron chi connectivity index (χ4n) is 2.59. The van der Waals surface area contributed by atoms with Crippen LogP contribution in [0.25, 0.3) is 6.08 Å². The summed E-state index contributed by atoms with van der Waals surface area (Å²) in [6, 6.07) is 7.20. The van der Waals surface area contributed by atoms with Crippen molar-refractivity contribution in [2.45, 2.75) is 6.92 Å². The number of fused-ring (bicyclic) bond motifs is 1. The average molecular weight is 377 g/mol. The Kier molecular flexibility index (Phi) is 5.06. The van der Waals surface area contributed by atoms with Gasteiger partial charge in [0.1, 0.15) is 23.9 Å². The first kappa shape index (κ1) is 18.1. The van der Waals surface area contributed by atoms with Gasteiger partial charge in [0.25, 0.3) is 0 Å². The van der Waals surface area contributed by atoms with E-state index in [1.165, 1.54) is 37.5 Å². The highest BCUT2D eigenvalue weighted by molar-refractivity contribution is 6.32. The maximum atomic E-state index is 14.0. The largest absolute Gasteiger partial charge is 0.452 e. The molecule has 2 aromatic rings. The maximum absolute atomic E-state index is 14.0. The van der Waals surface area contributed by atoms with Crippen molar-refractivity contribution in [3.8, 4) is 11.5 Å². The molecule has 0 bridgehead atoms. The molecule has 26 heavy (non-hydrogen) atoms.